The van der Waals surface area contributed by atoms with Crippen LogP contribution in [-0.4, -0.2) is 50.0 Å². The monoisotopic (exact) mass is 559 g/mol. The van der Waals surface area contributed by atoms with Crippen LogP contribution in [0.1, 0.15) is 38.2 Å². The van der Waals surface area contributed by atoms with E-state index in [2.05, 4.69) is 5.32 Å². The van der Waals surface area contributed by atoms with E-state index in [9.17, 15) is 18.0 Å². The molecule has 2 aromatic carbocycles. The molecule has 1 atom stereocenters. The van der Waals surface area contributed by atoms with Crippen LogP contribution in [0.15, 0.2) is 42.5 Å². The van der Waals surface area contributed by atoms with Crippen LogP contribution in [0.3, 0.4) is 0 Å². The summed E-state index contributed by atoms with van der Waals surface area (Å²) in [5.74, 6) is -0.862. The molecule has 0 heterocycles. The smallest absolute Gasteiger partial charge is 0.244 e. The molecule has 7 nitrogen and oxygen atoms in total. The van der Waals surface area contributed by atoms with Crippen LogP contribution < -0.4 is 9.62 Å². The zero-order valence-corrected chi connectivity index (χ0v) is 22.6. The zero-order valence-electron chi connectivity index (χ0n) is 19.5. The Kier molecular flexibility index (Phi) is 9.32. The third-order valence-electron chi connectivity index (χ3n) is 5.97. The second kappa shape index (κ2) is 11.8. The van der Waals surface area contributed by atoms with E-state index in [0.717, 1.165) is 36.2 Å². The molecule has 0 saturated heterocycles. The average Bonchev–Trinajstić information content (AvgIpc) is 3.29. The van der Waals surface area contributed by atoms with E-state index in [0.29, 0.717) is 10.6 Å². The van der Waals surface area contributed by atoms with Gasteiger partial charge in [-0.2, -0.15) is 0 Å². The van der Waals surface area contributed by atoms with Crippen molar-refractivity contribution < 1.29 is 18.0 Å². The highest BCUT2D eigenvalue weighted by atomic mass is 35.5. The molecule has 35 heavy (non-hydrogen) atoms. The Balaban J connectivity index is 1.91. The fourth-order valence-electron chi connectivity index (χ4n) is 4.08. The minimum atomic E-state index is -3.91. The molecule has 0 radical (unpaired) electrons. The van der Waals surface area contributed by atoms with Crippen LogP contribution in [0.2, 0.25) is 15.1 Å². The Morgan fingerprint density at radius 3 is 2.34 bits per heavy atom. The molecule has 190 valence electrons. The summed E-state index contributed by atoms with van der Waals surface area (Å²) < 4.78 is 26.2. The van der Waals surface area contributed by atoms with E-state index in [-0.39, 0.29) is 34.2 Å². The molecule has 11 heteroatoms. The second-order valence-corrected chi connectivity index (χ2v) is 11.9. The standard InChI is InChI=1S/C24H28Cl3N3O4S/c1-16(24(32)28-20-8-3-4-9-20)29(14-17-6-5-7-18(25)12-17)23(31)15-30(35(2,33)34)22-13-19(26)10-11-21(22)27/h5-7,10-13,16,20H,3-4,8-9,14-15H2,1-2H3,(H,28,32). The lowest BCUT2D eigenvalue weighted by Gasteiger charge is -2.32. The first-order valence-corrected chi connectivity index (χ1v) is 14.2. The Hall–Kier alpha value is -2.00. The second-order valence-electron chi connectivity index (χ2n) is 8.68. The number of amides is 2. The summed E-state index contributed by atoms with van der Waals surface area (Å²) in [7, 11) is -3.91. The largest absolute Gasteiger partial charge is 0.352 e. The topological polar surface area (TPSA) is 86.8 Å². The van der Waals surface area contributed by atoms with Crippen molar-refractivity contribution in [3.05, 3.63) is 63.1 Å². The molecule has 0 spiro atoms. The maximum Gasteiger partial charge on any atom is 0.244 e. The summed E-state index contributed by atoms with van der Waals surface area (Å²) in [6.45, 7) is 1.14. The first kappa shape index (κ1) is 27.6. The number of carbonyl (C=O) groups is 2. The summed E-state index contributed by atoms with van der Waals surface area (Å²) in [6.07, 6.45) is 4.88. The van der Waals surface area contributed by atoms with Crippen molar-refractivity contribution >= 4 is 62.3 Å². The molecule has 1 saturated carbocycles. The van der Waals surface area contributed by atoms with Gasteiger partial charge in [0.1, 0.15) is 12.6 Å². The number of halogens is 3. The molecule has 1 aliphatic rings. The molecule has 1 N–H and O–H groups in total. The first-order valence-electron chi connectivity index (χ1n) is 11.2. The number of nitrogens with one attached hydrogen (secondary N) is 1. The average molecular weight is 561 g/mol. The van der Waals surface area contributed by atoms with Crippen molar-refractivity contribution in [2.24, 2.45) is 0 Å². The van der Waals surface area contributed by atoms with Gasteiger partial charge in [0, 0.05) is 22.6 Å². The minimum absolute atomic E-state index is 0.0690. The van der Waals surface area contributed by atoms with Crippen molar-refractivity contribution in [3.63, 3.8) is 0 Å². The summed E-state index contributed by atoms with van der Waals surface area (Å²) in [4.78, 5) is 28.0. The van der Waals surface area contributed by atoms with Gasteiger partial charge in [0.15, 0.2) is 0 Å². The zero-order chi connectivity index (χ0) is 25.8. The fraction of sp³-hybridized carbons (Fsp3) is 0.417. The van der Waals surface area contributed by atoms with Crippen molar-refractivity contribution in [1.82, 2.24) is 10.2 Å². The van der Waals surface area contributed by atoms with E-state index in [4.69, 9.17) is 34.8 Å². The number of benzene rings is 2. The van der Waals surface area contributed by atoms with Gasteiger partial charge in [0.2, 0.25) is 21.8 Å². The maximum absolute atomic E-state index is 13.6. The van der Waals surface area contributed by atoms with Gasteiger partial charge in [-0.3, -0.25) is 13.9 Å². The number of sulfonamides is 1. The normalized spacial score (nSPS) is 15.0. The van der Waals surface area contributed by atoms with Gasteiger partial charge in [-0.25, -0.2) is 8.42 Å². The Morgan fingerprint density at radius 2 is 1.71 bits per heavy atom. The highest BCUT2D eigenvalue weighted by Gasteiger charge is 2.32. The van der Waals surface area contributed by atoms with E-state index < -0.39 is 28.5 Å². The van der Waals surface area contributed by atoms with E-state index in [1.54, 1.807) is 31.2 Å². The number of carbonyl (C=O) groups excluding carboxylic acids is 2. The third-order valence-corrected chi connectivity index (χ3v) is 7.88. The minimum Gasteiger partial charge on any atom is -0.352 e. The van der Waals surface area contributed by atoms with Crippen LogP contribution >= 0.6 is 34.8 Å². The number of hydrogen-bond acceptors (Lipinski definition) is 4. The van der Waals surface area contributed by atoms with Crippen LogP contribution in [0.5, 0.6) is 0 Å². The van der Waals surface area contributed by atoms with Gasteiger partial charge in [-0.1, -0.05) is 59.8 Å². The molecule has 1 aliphatic carbocycles. The van der Waals surface area contributed by atoms with Gasteiger partial charge >= 0.3 is 0 Å². The Morgan fingerprint density at radius 1 is 1.06 bits per heavy atom. The summed E-state index contributed by atoms with van der Waals surface area (Å²) in [6, 6.07) is 10.5. The molecular formula is C24H28Cl3N3O4S. The lowest BCUT2D eigenvalue weighted by atomic mass is 10.1. The predicted octanol–water partition coefficient (Wildman–Crippen LogP) is 4.89. The lowest BCUT2D eigenvalue weighted by molar-refractivity contribution is -0.139. The summed E-state index contributed by atoms with van der Waals surface area (Å²) in [5, 5.41) is 3.90. The van der Waals surface area contributed by atoms with Crippen LogP contribution in [-0.2, 0) is 26.2 Å². The predicted molar refractivity (Wildman–Crippen MR) is 141 cm³/mol. The van der Waals surface area contributed by atoms with Crippen molar-refractivity contribution in [2.75, 3.05) is 17.1 Å². The fourth-order valence-corrected chi connectivity index (χ4v) is 5.58. The number of nitrogens with zero attached hydrogens (tertiary/aromatic N) is 2. The molecule has 0 bridgehead atoms. The van der Waals surface area contributed by atoms with E-state index >= 15 is 0 Å². The summed E-state index contributed by atoms with van der Waals surface area (Å²) >= 11 is 18.4. The van der Waals surface area contributed by atoms with Crippen LogP contribution in [0, 0.1) is 0 Å². The number of hydrogen-bond donors (Lipinski definition) is 1. The highest BCUT2D eigenvalue weighted by Crippen LogP contribution is 2.31. The molecule has 1 unspecified atom stereocenters. The SMILES string of the molecule is CC(C(=O)NC1CCCC1)N(Cc1cccc(Cl)c1)C(=O)CN(c1cc(Cl)ccc1Cl)S(C)(=O)=O. The molecule has 3 rings (SSSR count). The third kappa shape index (κ3) is 7.49. The van der Waals surface area contributed by atoms with Crippen LogP contribution in [0.4, 0.5) is 5.69 Å². The summed E-state index contributed by atoms with van der Waals surface area (Å²) in [5.41, 5.74) is 0.791. The lowest BCUT2D eigenvalue weighted by Crippen LogP contribution is -2.52. The van der Waals surface area contributed by atoms with Gasteiger partial charge in [0.05, 0.1) is 17.0 Å². The quantitative estimate of drug-likeness (QED) is 0.473. The van der Waals surface area contributed by atoms with Crippen LogP contribution in [0.25, 0.3) is 0 Å². The Bertz CT molecular complexity index is 1190. The maximum atomic E-state index is 13.6. The van der Waals surface area contributed by atoms with Gasteiger partial charge in [-0.15, -0.1) is 0 Å². The molecule has 0 aromatic heterocycles. The Labute approximate surface area is 221 Å². The van der Waals surface area contributed by atoms with E-state index in [1.807, 2.05) is 0 Å². The van der Waals surface area contributed by atoms with Gasteiger partial charge in [0.25, 0.3) is 0 Å². The van der Waals surface area contributed by atoms with Crippen molar-refractivity contribution in [3.8, 4) is 0 Å². The van der Waals surface area contributed by atoms with Crippen molar-refractivity contribution in [2.45, 2.75) is 51.2 Å². The van der Waals surface area contributed by atoms with Gasteiger partial charge < -0.3 is 10.2 Å². The molecule has 0 aliphatic heterocycles. The highest BCUT2D eigenvalue weighted by molar-refractivity contribution is 7.92. The molecular weight excluding hydrogens is 533 g/mol. The molecule has 2 aromatic rings. The number of rotatable bonds is 9. The first-order chi connectivity index (χ1) is 16.5. The molecule has 2 amide bonds. The van der Waals surface area contributed by atoms with E-state index in [1.165, 1.54) is 23.1 Å². The molecule has 1 fully saturated rings. The van der Waals surface area contributed by atoms with Gasteiger partial charge in [-0.05, 0) is 55.7 Å². The number of anilines is 1. The van der Waals surface area contributed by atoms with Crippen molar-refractivity contribution in [1.29, 1.82) is 0 Å².